The van der Waals surface area contributed by atoms with Crippen LogP contribution in [0, 0.1) is 4.77 Å². The van der Waals surface area contributed by atoms with Crippen molar-refractivity contribution >= 4 is 29.0 Å². The van der Waals surface area contributed by atoms with Crippen molar-refractivity contribution in [2.45, 2.75) is 19.6 Å². The van der Waals surface area contributed by atoms with Gasteiger partial charge in [-0.25, -0.2) is 0 Å². The van der Waals surface area contributed by atoms with Gasteiger partial charge in [-0.3, -0.25) is 14.2 Å². The van der Waals surface area contributed by atoms with E-state index in [1.165, 1.54) is 4.57 Å². The van der Waals surface area contributed by atoms with E-state index in [2.05, 4.69) is 10.3 Å². The zero-order chi connectivity index (χ0) is 18.7. The largest absolute Gasteiger partial charge is 0.387 e. The number of fused-ring (bicyclic) bond motifs is 1. The number of H-pyrrole nitrogens is 1. The number of nitrogens with zero attached hydrogens (tertiary/aromatic N) is 1. The highest BCUT2D eigenvalue weighted by atomic mass is 32.1. The van der Waals surface area contributed by atoms with E-state index < -0.39 is 6.10 Å². The molecule has 0 aliphatic rings. The summed E-state index contributed by atoms with van der Waals surface area (Å²) in [7, 11) is 0. The van der Waals surface area contributed by atoms with Crippen LogP contribution in [0.2, 0.25) is 0 Å². The normalized spacial score (nSPS) is 12.1. The number of aromatic nitrogens is 2. The van der Waals surface area contributed by atoms with Crippen molar-refractivity contribution < 1.29 is 9.90 Å². The summed E-state index contributed by atoms with van der Waals surface area (Å²) in [6.07, 6.45) is -0.789. The Morgan fingerprint density at radius 1 is 1.27 bits per heavy atom. The molecule has 1 atom stereocenters. The van der Waals surface area contributed by atoms with Gasteiger partial charge in [-0.05, 0) is 42.9 Å². The molecule has 134 valence electrons. The fraction of sp³-hybridized carbons (Fsp3) is 0.211. The average molecular weight is 369 g/mol. The van der Waals surface area contributed by atoms with Crippen molar-refractivity contribution in [2.24, 2.45) is 0 Å². The van der Waals surface area contributed by atoms with Crippen molar-refractivity contribution in [3.8, 4) is 0 Å². The van der Waals surface area contributed by atoms with Gasteiger partial charge < -0.3 is 15.4 Å². The van der Waals surface area contributed by atoms with E-state index in [9.17, 15) is 14.7 Å². The first-order valence-corrected chi connectivity index (χ1v) is 8.70. The molecule has 0 unspecified atom stereocenters. The number of hydrogen-bond acceptors (Lipinski definition) is 4. The minimum Gasteiger partial charge on any atom is -0.387 e. The molecule has 0 spiro atoms. The first-order valence-electron chi connectivity index (χ1n) is 8.29. The minimum absolute atomic E-state index is 0.0916. The molecular weight excluding hydrogens is 350 g/mol. The molecule has 1 aromatic heterocycles. The Labute approximate surface area is 155 Å². The number of aliphatic hydroxyl groups excluding tert-OH is 1. The molecule has 3 N–H and O–H groups in total. The molecule has 2 aromatic carbocycles. The van der Waals surface area contributed by atoms with Crippen molar-refractivity contribution in [1.29, 1.82) is 0 Å². The Morgan fingerprint density at radius 3 is 2.69 bits per heavy atom. The summed E-state index contributed by atoms with van der Waals surface area (Å²) >= 11 is 5.19. The summed E-state index contributed by atoms with van der Waals surface area (Å²) < 4.78 is 1.79. The zero-order valence-corrected chi connectivity index (χ0v) is 15.0. The predicted molar refractivity (Wildman–Crippen MR) is 103 cm³/mol. The van der Waals surface area contributed by atoms with Crippen molar-refractivity contribution in [3.63, 3.8) is 0 Å². The summed E-state index contributed by atoms with van der Waals surface area (Å²) in [6.45, 7) is 2.41. The first-order chi connectivity index (χ1) is 12.5. The van der Waals surface area contributed by atoms with Crippen LogP contribution in [0.1, 0.15) is 28.9 Å². The second kappa shape index (κ2) is 7.63. The molecule has 3 aromatic rings. The number of aliphatic hydroxyl groups is 1. The third-order valence-electron chi connectivity index (χ3n) is 4.20. The lowest BCUT2D eigenvalue weighted by Gasteiger charge is -2.12. The summed E-state index contributed by atoms with van der Waals surface area (Å²) in [5.41, 5.74) is 1.45. The van der Waals surface area contributed by atoms with Gasteiger partial charge in [-0.1, -0.05) is 30.3 Å². The molecule has 6 nitrogen and oxygen atoms in total. The number of hydrogen-bond donors (Lipinski definition) is 3. The number of aromatic amines is 1. The second-order valence-corrected chi connectivity index (χ2v) is 6.26. The van der Waals surface area contributed by atoms with Gasteiger partial charge in [0.2, 0.25) is 0 Å². The van der Waals surface area contributed by atoms with Crippen LogP contribution >= 0.6 is 12.2 Å². The third kappa shape index (κ3) is 3.58. The molecule has 1 heterocycles. The summed E-state index contributed by atoms with van der Waals surface area (Å²) in [5.74, 6) is -0.333. The fourth-order valence-corrected chi connectivity index (χ4v) is 3.09. The van der Waals surface area contributed by atoms with Gasteiger partial charge in [-0.15, -0.1) is 0 Å². The molecule has 26 heavy (non-hydrogen) atoms. The topological polar surface area (TPSA) is 87.1 Å². The summed E-state index contributed by atoms with van der Waals surface area (Å²) in [6, 6.07) is 13.9. The van der Waals surface area contributed by atoms with E-state index in [1.807, 2.05) is 25.1 Å². The van der Waals surface area contributed by atoms with Crippen LogP contribution in [0.4, 0.5) is 0 Å². The number of carbonyl (C=O) groups is 1. The summed E-state index contributed by atoms with van der Waals surface area (Å²) in [5, 5.41) is 13.3. The Kier molecular flexibility index (Phi) is 5.29. The quantitative estimate of drug-likeness (QED) is 0.603. The van der Waals surface area contributed by atoms with Crippen LogP contribution in [0.25, 0.3) is 10.9 Å². The summed E-state index contributed by atoms with van der Waals surface area (Å²) in [4.78, 5) is 27.7. The van der Waals surface area contributed by atoms with Gasteiger partial charge in [0.1, 0.15) is 0 Å². The van der Waals surface area contributed by atoms with Crippen LogP contribution in [0.5, 0.6) is 0 Å². The SMILES string of the molecule is CCn1c(=S)[nH]c2cc(C(=O)NC[C@@H](O)c3ccccc3)ccc2c1=O. The van der Waals surface area contributed by atoms with Gasteiger partial charge in [0.25, 0.3) is 11.5 Å². The first kappa shape index (κ1) is 18.0. The molecular formula is C19H19N3O3S. The van der Waals surface area contributed by atoms with Crippen molar-refractivity contribution in [1.82, 2.24) is 14.9 Å². The highest BCUT2D eigenvalue weighted by molar-refractivity contribution is 7.71. The molecule has 0 radical (unpaired) electrons. The minimum atomic E-state index is -0.789. The lowest BCUT2D eigenvalue weighted by molar-refractivity contribution is 0.0916. The lowest BCUT2D eigenvalue weighted by Crippen LogP contribution is -2.28. The van der Waals surface area contributed by atoms with E-state index >= 15 is 0 Å². The maximum Gasteiger partial charge on any atom is 0.262 e. The van der Waals surface area contributed by atoms with Crippen LogP contribution in [-0.2, 0) is 6.54 Å². The number of carbonyl (C=O) groups excluding carboxylic acids is 1. The third-order valence-corrected chi connectivity index (χ3v) is 4.52. The average Bonchev–Trinajstić information content (AvgIpc) is 2.66. The standard InChI is InChI=1S/C19H19N3O3S/c1-2-22-18(25)14-9-8-13(10-15(14)21-19(22)26)17(24)20-11-16(23)12-6-4-3-5-7-12/h3-10,16,23H,2,11H2,1H3,(H,20,24)(H,21,26)/t16-/m1/s1. The Bertz CT molecular complexity index is 1060. The van der Waals surface area contributed by atoms with E-state index in [0.717, 1.165) is 5.56 Å². The molecule has 0 fully saturated rings. The second-order valence-electron chi connectivity index (χ2n) is 5.88. The number of rotatable bonds is 5. The molecule has 0 aliphatic heterocycles. The van der Waals surface area contributed by atoms with Gasteiger partial charge in [-0.2, -0.15) is 0 Å². The van der Waals surface area contributed by atoms with Gasteiger partial charge in [0, 0.05) is 18.7 Å². The maximum atomic E-state index is 12.4. The molecule has 3 rings (SSSR count). The smallest absolute Gasteiger partial charge is 0.262 e. The highest BCUT2D eigenvalue weighted by Gasteiger charge is 2.12. The Balaban J connectivity index is 1.81. The van der Waals surface area contributed by atoms with Gasteiger partial charge >= 0.3 is 0 Å². The Morgan fingerprint density at radius 2 is 2.00 bits per heavy atom. The van der Waals surface area contributed by atoms with Crippen LogP contribution in [-0.4, -0.2) is 27.1 Å². The molecule has 0 saturated carbocycles. The number of amides is 1. The van der Waals surface area contributed by atoms with Crippen LogP contribution in [0.3, 0.4) is 0 Å². The van der Waals surface area contributed by atoms with Gasteiger partial charge in [0.05, 0.1) is 17.0 Å². The van der Waals surface area contributed by atoms with E-state index in [4.69, 9.17) is 12.2 Å². The van der Waals surface area contributed by atoms with E-state index in [0.29, 0.717) is 27.8 Å². The van der Waals surface area contributed by atoms with E-state index in [1.54, 1.807) is 30.3 Å². The zero-order valence-electron chi connectivity index (χ0n) is 14.2. The number of benzene rings is 2. The fourth-order valence-electron chi connectivity index (χ4n) is 2.77. The highest BCUT2D eigenvalue weighted by Crippen LogP contribution is 2.13. The number of nitrogens with one attached hydrogen (secondary N) is 2. The molecule has 1 amide bonds. The molecule has 0 bridgehead atoms. The van der Waals surface area contributed by atoms with Crippen molar-refractivity contribution in [3.05, 3.63) is 74.8 Å². The molecule has 7 heteroatoms. The monoisotopic (exact) mass is 369 g/mol. The van der Waals surface area contributed by atoms with Gasteiger partial charge in [0.15, 0.2) is 4.77 Å². The molecule has 0 aliphatic carbocycles. The van der Waals surface area contributed by atoms with Crippen LogP contribution in [0.15, 0.2) is 53.3 Å². The lowest BCUT2D eigenvalue weighted by atomic mass is 10.1. The Hall–Kier alpha value is -2.77. The molecule has 0 saturated heterocycles. The predicted octanol–water partition coefficient (Wildman–Crippen LogP) is 2.54. The van der Waals surface area contributed by atoms with Crippen LogP contribution < -0.4 is 10.9 Å². The maximum absolute atomic E-state index is 12.4. The van der Waals surface area contributed by atoms with Crippen molar-refractivity contribution in [2.75, 3.05) is 6.54 Å². The van der Waals surface area contributed by atoms with E-state index in [-0.39, 0.29) is 18.0 Å².